The number of carbonyl (C=O) groups is 1. The Morgan fingerprint density at radius 2 is 1.86 bits per heavy atom. The molecule has 1 unspecified atom stereocenters. The molecule has 0 aliphatic rings. The molecule has 0 saturated heterocycles. The van der Waals surface area contributed by atoms with Crippen molar-refractivity contribution < 1.29 is 17.9 Å². The second kappa shape index (κ2) is 7.53. The van der Waals surface area contributed by atoms with Crippen molar-refractivity contribution in [3.63, 3.8) is 0 Å². The highest BCUT2D eigenvalue weighted by atomic mass is 32.2. The fourth-order valence-electron chi connectivity index (χ4n) is 1.75. The van der Waals surface area contributed by atoms with E-state index in [-0.39, 0.29) is 16.9 Å². The number of hydrogen-bond acceptors (Lipinski definition) is 5. The number of sulfonamides is 1. The zero-order valence-corrected chi connectivity index (χ0v) is 13.6. The molecular weight excluding hydrogens is 292 g/mol. The average Bonchev–Trinajstić information content (AvgIpc) is 2.46. The lowest BCUT2D eigenvalue weighted by Gasteiger charge is -2.15. The lowest BCUT2D eigenvalue weighted by atomic mass is 10.1. The maximum atomic E-state index is 12.0. The third kappa shape index (κ3) is 4.80. The van der Waals surface area contributed by atoms with Crippen molar-refractivity contribution in [2.45, 2.75) is 24.3 Å². The predicted molar refractivity (Wildman–Crippen MR) is 80.4 cm³/mol. The molecule has 1 atom stereocenters. The van der Waals surface area contributed by atoms with Crippen molar-refractivity contribution in [1.29, 1.82) is 0 Å². The van der Waals surface area contributed by atoms with Crippen LogP contribution in [-0.2, 0) is 19.6 Å². The molecule has 6 nitrogen and oxygen atoms in total. The molecule has 1 aromatic carbocycles. The molecule has 7 heteroatoms. The number of rotatable bonds is 7. The minimum absolute atomic E-state index is 0.0192. The van der Waals surface area contributed by atoms with Gasteiger partial charge in [0, 0.05) is 26.7 Å². The Hall–Kier alpha value is -1.44. The Labute approximate surface area is 126 Å². The normalized spacial score (nSPS) is 13.2. The van der Waals surface area contributed by atoms with Gasteiger partial charge in [-0.2, -0.15) is 0 Å². The number of carbonyl (C=O) groups excluding carboxylic acids is 1. The Morgan fingerprint density at radius 3 is 2.33 bits per heavy atom. The maximum Gasteiger partial charge on any atom is 0.306 e. The summed E-state index contributed by atoms with van der Waals surface area (Å²) in [5.74, 6) is -0.262. The van der Waals surface area contributed by atoms with E-state index in [0.29, 0.717) is 13.0 Å². The van der Waals surface area contributed by atoms with Gasteiger partial charge in [0.05, 0.1) is 18.4 Å². The molecule has 0 aliphatic heterocycles. The first kappa shape index (κ1) is 17.6. The summed E-state index contributed by atoms with van der Waals surface area (Å²) in [4.78, 5) is 11.3. The van der Waals surface area contributed by atoms with Gasteiger partial charge in [-0.3, -0.25) is 4.79 Å². The SMILES string of the molecule is COC(=O)CCNC(C)c1ccc(S(=O)(=O)N(C)C)cc1. The molecule has 1 N–H and O–H groups in total. The topological polar surface area (TPSA) is 75.7 Å². The number of nitrogens with one attached hydrogen (secondary N) is 1. The van der Waals surface area contributed by atoms with Crippen molar-refractivity contribution in [3.8, 4) is 0 Å². The van der Waals surface area contributed by atoms with Gasteiger partial charge in [-0.25, -0.2) is 12.7 Å². The van der Waals surface area contributed by atoms with Crippen molar-refractivity contribution in [1.82, 2.24) is 9.62 Å². The first-order valence-electron chi connectivity index (χ1n) is 6.61. The Morgan fingerprint density at radius 1 is 1.29 bits per heavy atom. The number of benzene rings is 1. The lowest BCUT2D eigenvalue weighted by molar-refractivity contribution is -0.140. The van der Waals surface area contributed by atoms with Gasteiger partial charge in [0.15, 0.2) is 0 Å². The van der Waals surface area contributed by atoms with Crippen LogP contribution in [0.25, 0.3) is 0 Å². The van der Waals surface area contributed by atoms with Gasteiger partial charge in [-0.15, -0.1) is 0 Å². The van der Waals surface area contributed by atoms with E-state index in [1.54, 1.807) is 24.3 Å². The molecule has 0 heterocycles. The van der Waals surface area contributed by atoms with Gasteiger partial charge in [-0.1, -0.05) is 12.1 Å². The van der Waals surface area contributed by atoms with Gasteiger partial charge in [-0.05, 0) is 24.6 Å². The van der Waals surface area contributed by atoms with Crippen LogP contribution in [0.5, 0.6) is 0 Å². The molecule has 0 bridgehead atoms. The van der Waals surface area contributed by atoms with Gasteiger partial charge in [0.2, 0.25) is 10.0 Å². The fraction of sp³-hybridized carbons (Fsp3) is 0.500. The molecular formula is C14H22N2O4S. The first-order chi connectivity index (χ1) is 9.78. The minimum atomic E-state index is -3.40. The van der Waals surface area contributed by atoms with Crippen LogP contribution in [0.3, 0.4) is 0 Å². The van der Waals surface area contributed by atoms with Crippen molar-refractivity contribution in [3.05, 3.63) is 29.8 Å². The Bertz CT molecular complexity index is 567. The van der Waals surface area contributed by atoms with Crippen LogP contribution >= 0.6 is 0 Å². The van der Waals surface area contributed by atoms with Crippen LogP contribution < -0.4 is 5.32 Å². The molecule has 118 valence electrons. The molecule has 0 radical (unpaired) electrons. The second-order valence-electron chi connectivity index (χ2n) is 4.86. The summed E-state index contributed by atoms with van der Waals surface area (Å²) in [6.45, 7) is 2.46. The van der Waals surface area contributed by atoms with Crippen LogP contribution in [0.1, 0.15) is 24.9 Å². The highest BCUT2D eigenvalue weighted by molar-refractivity contribution is 7.89. The van der Waals surface area contributed by atoms with Crippen molar-refractivity contribution in [2.75, 3.05) is 27.7 Å². The van der Waals surface area contributed by atoms with Gasteiger partial charge >= 0.3 is 5.97 Å². The fourth-order valence-corrected chi connectivity index (χ4v) is 2.65. The summed E-state index contributed by atoms with van der Waals surface area (Å²) in [6, 6.07) is 6.73. The van der Waals surface area contributed by atoms with Crippen LogP contribution in [0.2, 0.25) is 0 Å². The summed E-state index contributed by atoms with van der Waals surface area (Å²) in [6.07, 6.45) is 0.300. The summed E-state index contributed by atoms with van der Waals surface area (Å²) >= 11 is 0. The van der Waals surface area contributed by atoms with Crippen LogP contribution in [-0.4, -0.2) is 46.4 Å². The Balaban J connectivity index is 2.68. The van der Waals surface area contributed by atoms with E-state index in [4.69, 9.17) is 0 Å². The minimum Gasteiger partial charge on any atom is -0.469 e. The largest absolute Gasteiger partial charge is 0.469 e. The lowest BCUT2D eigenvalue weighted by Crippen LogP contribution is -2.23. The standard InChI is InChI=1S/C14H22N2O4S/c1-11(15-10-9-14(17)20-4)12-5-7-13(8-6-12)21(18,19)16(2)3/h5-8,11,15H,9-10H2,1-4H3. The number of hydrogen-bond donors (Lipinski definition) is 1. The summed E-state index contributed by atoms with van der Waals surface area (Å²) in [5, 5.41) is 3.18. The van der Waals surface area contributed by atoms with E-state index < -0.39 is 10.0 Å². The molecule has 0 spiro atoms. The maximum absolute atomic E-state index is 12.0. The Kier molecular flexibility index (Phi) is 6.32. The van der Waals surface area contributed by atoms with Crippen LogP contribution in [0.15, 0.2) is 29.2 Å². The summed E-state index contributed by atoms with van der Waals surface area (Å²) in [5.41, 5.74) is 0.956. The smallest absolute Gasteiger partial charge is 0.306 e. The molecule has 0 saturated carbocycles. The molecule has 0 aliphatic carbocycles. The van der Waals surface area contributed by atoms with E-state index in [1.165, 1.54) is 25.5 Å². The highest BCUT2D eigenvalue weighted by Crippen LogP contribution is 2.18. The molecule has 0 amide bonds. The van der Waals surface area contributed by atoms with E-state index in [2.05, 4.69) is 10.1 Å². The zero-order valence-electron chi connectivity index (χ0n) is 12.8. The first-order valence-corrected chi connectivity index (χ1v) is 8.05. The summed E-state index contributed by atoms with van der Waals surface area (Å²) < 4.78 is 29.6. The third-order valence-corrected chi connectivity index (χ3v) is 5.00. The van der Waals surface area contributed by atoms with E-state index in [1.807, 2.05) is 6.92 Å². The van der Waals surface area contributed by atoms with E-state index in [0.717, 1.165) is 5.56 Å². The van der Waals surface area contributed by atoms with Crippen LogP contribution in [0, 0.1) is 0 Å². The third-order valence-electron chi connectivity index (χ3n) is 3.17. The van der Waals surface area contributed by atoms with Gasteiger partial charge in [0.1, 0.15) is 0 Å². The molecule has 0 aromatic heterocycles. The van der Waals surface area contributed by atoms with E-state index in [9.17, 15) is 13.2 Å². The number of nitrogens with zero attached hydrogens (tertiary/aromatic N) is 1. The second-order valence-corrected chi connectivity index (χ2v) is 7.01. The van der Waals surface area contributed by atoms with E-state index >= 15 is 0 Å². The summed E-state index contributed by atoms with van der Waals surface area (Å²) in [7, 11) is 0.958. The zero-order chi connectivity index (χ0) is 16.0. The number of ether oxygens (including phenoxy) is 1. The monoisotopic (exact) mass is 314 g/mol. The van der Waals surface area contributed by atoms with Crippen LogP contribution in [0.4, 0.5) is 0 Å². The van der Waals surface area contributed by atoms with Crippen molar-refractivity contribution >= 4 is 16.0 Å². The molecule has 21 heavy (non-hydrogen) atoms. The quantitative estimate of drug-likeness (QED) is 0.764. The predicted octanol–water partition coefficient (Wildman–Crippen LogP) is 1.15. The average molecular weight is 314 g/mol. The number of esters is 1. The molecule has 1 aromatic rings. The van der Waals surface area contributed by atoms with Gasteiger partial charge in [0.25, 0.3) is 0 Å². The highest BCUT2D eigenvalue weighted by Gasteiger charge is 2.17. The van der Waals surface area contributed by atoms with Crippen molar-refractivity contribution in [2.24, 2.45) is 0 Å². The number of methoxy groups -OCH3 is 1. The molecule has 1 rings (SSSR count). The molecule has 0 fully saturated rings. The van der Waals surface area contributed by atoms with Gasteiger partial charge < -0.3 is 10.1 Å².